The van der Waals surface area contributed by atoms with Gasteiger partial charge in [0.2, 0.25) is 5.91 Å². The van der Waals surface area contributed by atoms with E-state index in [1.165, 1.54) is 19.4 Å². The summed E-state index contributed by atoms with van der Waals surface area (Å²) < 4.78 is 2.27. The van der Waals surface area contributed by atoms with Crippen molar-refractivity contribution in [2.45, 2.75) is 59.5 Å². The van der Waals surface area contributed by atoms with Gasteiger partial charge in [0, 0.05) is 31.5 Å². The molecule has 134 valence electrons. The molecule has 2 aliphatic rings. The maximum absolute atomic E-state index is 12.2. The Morgan fingerprint density at radius 2 is 1.79 bits per heavy atom. The highest BCUT2D eigenvalue weighted by molar-refractivity contribution is 5.78. The van der Waals surface area contributed by atoms with Crippen LogP contribution in [0.4, 0.5) is 0 Å². The lowest BCUT2D eigenvalue weighted by molar-refractivity contribution is -0.136. The van der Waals surface area contributed by atoms with Gasteiger partial charge >= 0.3 is 0 Å². The highest BCUT2D eigenvalue weighted by atomic mass is 16.2. The van der Waals surface area contributed by atoms with Gasteiger partial charge in [0.25, 0.3) is 0 Å². The van der Waals surface area contributed by atoms with Crippen molar-refractivity contribution in [1.82, 2.24) is 24.6 Å². The van der Waals surface area contributed by atoms with Crippen molar-refractivity contribution in [2.75, 3.05) is 26.2 Å². The first kappa shape index (κ1) is 17.4. The van der Waals surface area contributed by atoms with Crippen molar-refractivity contribution >= 4 is 5.91 Å². The van der Waals surface area contributed by atoms with Crippen LogP contribution in [0.3, 0.4) is 0 Å². The topological polar surface area (TPSA) is 54.3 Å². The second kappa shape index (κ2) is 7.21. The fourth-order valence-corrected chi connectivity index (χ4v) is 3.93. The number of fused-ring (bicyclic) bond motifs is 1. The number of hydrogen-bond donors (Lipinski definition) is 0. The van der Waals surface area contributed by atoms with Crippen LogP contribution in [-0.4, -0.2) is 56.7 Å². The molecule has 1 saturated heterocycles. The largest absolute Gasteiger partial charge is 0.333 e. The third-order valence-electron chi connectivity index (χ3n) is 5.16. The van der Waals surface area contributed by atoms with E-state index in [9.17, 15) is 4.79 Å². The molecule has 1 fully saturated rings. The number of carbonyl (C=O) groups excluding carboxylic acids is 1. The van der Waals surface area contributed by atoms with E-state index in [1.807, 2.05) is 18.7 Å². The minimum Gasteiger partial charge on any atom is -0.333 e. The van der Waals surface area contributed by atoms with Crippen LogP contribution >= 0.6 is 0 Å². The summed E-state index contributed by atoms with van der Waals surface area (Å²) in [4.78, 5) is 16.7. The lowest BCUT2D eigenvalue weighted by Crippen LogP contribution is -2.41. The van der Waals surface area contributed by atoms with Gasteiger partial charge in [0.15, 0.2) is 5.82 Å². The first-order valence-corrected chi connectivity index (χ1v) is 9.38. The van der Waals surface area contributed by atoms with Crippen LogP contribution in [0.1, 0.15) is 58.1 Å². The first-order chi connectivity index (χ1) is 11.5. The quantitative estimate of drug-likeness (QED) is 0.847. The number of rotatable bonds is 4. The second-order valence-electron chi connectivity index (χ2n) is 8.01. The smallest absolute Gasteiger partial charge is 0.225 e. The van der Waals surface area contributed by atoms with E-state index in [4.69, 9.17) is 0 Å². The number of nitrogens with zero attached hydrogens (tertiary/aromatic N) is 5. The van der Waals surface area contributed by atoms with Crippen molar-refractivity contribution < 1.29 is 4.79 Å². The highest BCUT2D eigenvalue weighted by Gasteiger charge is 2.30. The molecule has 1 aromatic heterocycles. The van der Waals surface area contributed by atoms with Gasteiger partial charge in [-0.05, 0) is 31.8 Å². The zero-order valence-electron chi connectivity index (χ0n) is 15.5. The van der Waals surface area contributed by atoms with Gasteiger partial charge in [-0.25, -0.2) is 0 Å². The third-order valence-corrected chi connectivity index (χ3v) is 5.16. The summed E-state index contributed by atoms with van der Waals surface area (Å²) in [6.07, 6.45) is 2.33. The van der Waals surface area contributed by atoms with Crippen LogP contribution in [0.15, 0.2) is 0 Å². The van der Waals surface area contributed by atoms with Gasteiger partial charge < -0.3 is 14.4 Å². The Morgan fingerprint density at radius 3 is 2.42 bits per heavy atom. The predicted molar refractivity (Wildman–Crippen MR) is 93.5 cm³/mol. The van der Waals surface area contributed by atoms with Gasteiger partial charge in [0.05, 0.1) is 6.54 Å². The molecule has 0 N–H and O–H groups in total. The molecule has 24 heavy (non-hydrogen) atoms. The molecule has 3 heterocycles. The van der Waals surface area contributed by atoms with Gasteiger partial charge in [-0.15, -0.1) is 10.2 Å². The fraction of sp³-hybridized carbons (Fsp3) is 0.833. The molecule has 3 rings (SSSR count). The minimum absolute atomic E-state index is 0.0456. The maximum Gasteiger partial charge on any atom is 0.225 e. The maximum atomic E-state index is 12.2. The normalized spacial score (nSPS) is 20.0. The Balaban J connectivity index is 1.63. The number of aromatic nitrogens is 3. The molecule has 0 unspecified atom stereocenters. The molecule has 1 amide bonds. The summed E-state index contributed by atoms with van der Waals surface area (Å²) in [6, 6.07) is 0. The van der Waals surface area contributed by atoms with Crippen LogP contribution < -0.4 is 0 Å². The van der Waals surface area contributed by atoms with Gasteiger partial charge in [-0.2, -0.15) is 0 Å². The summed E-state index contributed by atoms with van der Waals surface area (Å²) in [5.74, 6) is 3.60. The molecule has 0 bridgehead atoms. The monoisotopic (exact) mass is 333 g/mol. The zero-order chi connectivity index (χ0) is 17.3. The molecule has 1 aromatic rings. The molecule has 0 atom stereocenters. The van der Waals surface area contributed by atoms with Crippen molar-refractivity contribution in [3.8, 4) is 0 Å². The average molecular weight is 333 g/mol. The molecule has 0 saturated carbocycles. The minimum atomic E-state index is 0.0456. The van der Waals surface area contributed by atoms with E-state index in [2.05, 4.69) is 33.5 Å². The van der Waals surface area contributed by atoms with Crippen LogP contribution in [-0.2, 0) is 17.9 Å². The Labute approximate surface area is 145 Å². The number of hydrogen-bond acceptors (Lipinski definition) is 4. The summed E-state index contributed by atoms with van der Waals surface area (Å²) in [5.41, 5.74) is 0. The molecular weight excluding hydrogens is 302 g/mol. The van der Waals surface area contributed by atoms with E-state index in [0.29, 0.717) is 12.5 Å². The number of amides is 1. The summed E-state index contributed by atoms with van der Waals surface area (Å²) in [6.45, 7) is 14.2. The van der Waals surface area contributed by atoms with Crippen LogP contribution in [0.2, 0.25) is 0 Å². The van der Waals surface area contributed by atoms with E-state index in [-0.39, 0.29) is 11.8 Å². The van der Waals surface area contributed by atoms with Crippen LogP contribution in [0.5, 0.6) is 0 Å². The lowest BCUT2D eigenvalue weighted by atomic mass is 9.95. The molecule has 6 heteroatoms. The summed E-state index contributed by atoms with van der Waals surface area (Å²) >= 11 is 0. The van der Waals surface area contributed by atoms with Crippen molar-refractivity contribution in [3.63, 3.8) is 0 Å². The highest BCUT2D eigenvalue weighted by Crippen LogP contribution is 2.29. The Bertz CT molecular complexity index is 572. The predicted octanol–water partition coefficient (Wildman–Crippen LogP) is 2.11. The molecule has 0 radical (unpaired) electrons. The molecule has 2 aliphatic heterocycles. The lowest BCUT2D eigenvalue weighted by Gasteiger charge is -2.34. The van der Waals surface area contributed by atoms with Crippen LogP contribution in [0.25, 0.3) is 0 Å². The Morgan fingerprint density at radius 1 is 1.08 bits per heavy atom. The van der Waals surface area contributed by atoms with Crippen molar-refractivity contribution in [3.05, 3.63) is 11.6 Å². The third kappa shape index (κ3) is 3.63. The number of carbonyl (C=O) groups is 1. The molecule has 0 aliphatic carbocycles. The SMILES string of the molecule is CC(C)CN1CCC(c2nnc3n2CCN(C(=O)C(C)C)C3)CC1. The molecular formula is C18H31N5O. The van der Waals surface area contributed by atoms with Gasteiger partial charge in [-0.1, -0.05) is 27.7 Å². The summed E-state index contributed by atoms with van der Waals surface area (Å²) in [7, 11) is 0. The zero-order valence-corrected chi connectivity index (χ0v) is 15.5. The standard InChI is InChI=1S/C18H31N5O/c1-13(2)11-21-7-5-15(6-8-21)17-20-19-16-12-22(9-10-23(16)17)18(24)14(3)4/h13-15H,5-12H2,1-4H3. The average Bonchev–Trinajstić information content (AvgIpc) is 2.97. The van der Waals surface area contributed by atoms with Crippen LogP contribution in [0, 0.1) is 11.8 Å². The van der Waals surface area contributed by atoms with E-state index < -0.39 is 0 Å². The van der Waals surface area contributed by atoms with Gasteiger partial charge in [0.1, 0.15) is 5.82 Å². The molecule has 0 aromatic carbocycles. The van der Waals surface area contributed by atoms with E-state index in [0.717, 1.165) is 43.7 Å². The van der Waals surface area contributed by atoms with E-state index >= 15 is 0 Å². The van der Waals surface area contributed by atoms with E-state index in [1.54, 1.807) is 0 Å². The van der Waals surface area contributed by atoms with Crippen molar-refractivity contribution in [2.24, 2.45) is 11.8 Å². The van der Waals surface area contributed by atoms with Gasteiger partial charge in [-0.3, -0.25) is 4.79 Å². The first-order valence-electron chi connectivity index (χ1n) is 9.38. The number of piperidine rings is 1. The molecule has 6 nitrogen and oxygen atoms in total. The Hall–Kier alpha value is -1.43. The Kier molecular flexibility index (Phi) is 5.23. The van der Waals surface area contributed by atoms with Crippen molar-refractivity contribution in [1.29, 1.82) is 0 Å². The summed E-state index contributed by atoms with van der Waals surface area (Å²) in [5, 5.41) is 8.90. The second-order valence-corrected chi connectivity index (χ2v) is 8.01. The molecule has 0 spiro atoms. The number of likely N-dealkylation sites (tertiary alicyclic amines) is 1. The fourth-order valence-electron chi connectivity index (χ4n) is 3.93.